The molecule has 2 rings (SSSR count). The summed E-state index contributed by atoms with van der Waals surface area (Å²) in [4.78, 5) is 12.4. The number of nitrogens with one attached hydrogen (secondary N) is 1. The maximum absolute atomic E-state index is 12.8. The molecule has 1 unspecified atom stereocenters. The van der Waals surface area contributed by atoms with Crippen molar-refractivity contribution in [2.24, 2.45) is 5.92 Å². The molecule has 1 aliphatic rings. The van der Waals surface area contributed by atoms with Crippen LogP contribution in [0.15, 0.2) is 23.1 Å². The van der Waals surface area contributed by atoms with Crippen LogP contribution in [0, 0.1) is 5.92 Å². The molecular formula is C18H27ClN2O4S. The molecule has 0 bridgehead atoms. The minimum Gasteiger partial charge on any atom is -0.379 e. The van der Waals surface area contributed by atoms with Crippen LogP contribution in [0.2, 0.25) is 5.02 Å². The molecule has 1 N–H and O–H groups in total. The Morgan fingerprint density at radius 3 is 2.50 bits per heavy atom. The van der Waals surface area contributed by atoms with Crippen LogP contribution in [0.1, 0.15) is 44.0 Å². The van der Waals surface area contributed by atoms with Crippen molar-refractivity contribution in [1.82, 2.24) is 9.62 Å². The number of ether oxygens (including phenoxy) is 1. The number of morpholine rings is 1. The number of halogens is 1. The number of carbonyl (C=O) groups is 1. The molecule has 1 aromatic carbocycles. The zero-order chi connectivity index (χ0) is 19.3. The molecule has 0 radical (unpaired) electrons. The summed E-state index contributed by atoms with van der Waals surface area (Å²) in [7, 11) is -3.76. The first-order valence-electron chi connectivity index (χ1n) is 8.90. The Labute approximate surface area is 160 Å². The fourth-order valence-corrected chi connectivity index (χ4v) is 4.64. The Morgan fingerprint density at radius 2 is 1.88 bits per heavy atom. The summed E-state index contributed by atoms with van der Waals surface area (Å²) in [5, 5.41) is 3.03. The normalized spacial score (nSPS) is 17.3. The van der Waals surface area contributed by atoms with Crippen molar-refractivity contribution in [3.63, 3.8) is 0 Å². The monoisotopic (exact) mass is 402 g/mol. The van der Waals surface area contributed by atoms with Crippen LogP contribution in [0.3, 0.4) is 0 Å². The van der Waals surface area contributed by atoms with Gasteiger partial charge < -0.3 is 10.1 Å². The zero-order valence-corrected chi connectivity index (χ0v) is 17.1. The number of hydrogen-bond acceptors (Lipinski definition) is 4. The van der Waals surface area contributed by atoms with Gasteiger partial charge in [0.25, 0.3) is 5.91 Å². The predicted octanol–water partition coefficient (Wildman–Crippen LogP) is 2.92. The molecule has 146 valence electrons. The molecule has 0 aliphatic carbocycles. The summed E-state index contributed by atoms with van der Waals surface area (Å²) in [6.45, 7) is 7.48. The van der Waals surface area contributed by atoms with E-state index >= 15 is 0 Å². The highest BCUT2D eigenvalue weighted by molar-refractivity contribution is 7.89. The van der Waals surface area contributed by atoms with Gasteiger partial charge in [0.15, 0.2) is 0 Å². The summed E-state index contributed by atoms with van der Waals surface area (Å²) in [5.41, 5.74) is 0.289. The van der Waals surface area contributed by atoms with Gasteiger partial charge in [0.2, 0.25) is 10.0 Å². The number of benzene rings is 1. The topological polar surface area (TPSA) is 75.7 Å². The van der Waals surface area contributed by atoms with Crippen LogP contribution in [0.25, 0.3) is 0 Å². The van der Waals surface area contributed by atoms with E-state index in [0.717, 1.165) is 12.8 Å². The number of rotatable bonds is 7. The van der Waals surface area contributed by atoms with E-state index in [0.29, 0.717) is 19.1 Å². The van der Waals surface area contributed by atoms with Crippen LogP contribution >= 0.6 is 11.6 Å². The largest absolute Gasteiger partial charge is 0.379 e. The fraction of sp³-hybridized carbons (Fsp3) is 0.611. The number of amides is 1. The molecular weight excluding hydrogens is 376 g/mol. The van der Waals surface area contributed by atoms with Gasteiger partial charge in [0.1, 0.15) is 4.90 Å². The summed E-state index contributed by atoms with van der Waals surface area (Å²) in [6.07, 6.45) is 1.88. The van der Waals surface area contributed by atoms with Crippen molar-refractivity contribution in [2.45, 2.75) is 44.6 Å². The Bertz CT molecular complexity index is 731. The molecule has 1 heterocycles. The first-order valence-corrected chi connectivity index (χ1v) is 10.7. The zero-order valence-electron chi connectivity index (χ0n) is 15.5. The first-order chi connectivity index (χ1) is 12.2. The summed E-state index contributed by atoms with van der Waals surface area (Å²) < 4.78 is 32.2. The second-order valence-corrected chi connectivity index (χ2v) is 9.32. The molecule has 6 nitrogen and oxygen atoms in total. The van der Waals surface area contributed by atoms with Gasteiger partial charge in [-0.1, -0.05) is 25.4 Å². The van der Waals surface area contributed by atoms with Gasteiger partial charge in [-0.15, -0.1) is 0 Å². The minimum absolute atomic E-state index is 0.0138. The molecule has 0 aromatic heterocycles. The number of sulfonamides is 1. The van der Waals surface area contributed by atoms with Gasteiger partial charge in [-0.3, -0.25) is 4.79 Å². The van der Waals surface area contributed by atoms with E-state index in [9.17, 15) is 13.2 Å². The Kier molecular flexibility index (Phi) is 7.46. The SMILES string of the molecule is CC(C)CCC(C)NC(=O)c1ccc(Cl)c(S(=O)(=O)N2CCOCC2)c1. The Morgan fingerprint density at radius 1 is 1.23 bits per heavy atom. The van der Waals surface area contributed by atoms with E-state index in [1.54, 1.807) is 6.07 Å². The van der Waals surface area contributed by atoms with Gasteiger partial charge in [-0.2, -0.15) is 4.31 Å². The average Bonchev–Trinajstić information content (AvgIpc) is 2.60. The second-order valence-electron chi connectivity index (χ2n) is 7.01. The van der Waals surface area contributed by atoms with Gasteiger partial charge in [-0.05, 0) is 43.9 Å². The van der Waals surface area contributed by atoms with Crippen LogP contribution in [-0.2, 0) is 14.8 Å². The maximum Gasteiger partial charge on any atom is 0.251 e. The first kappa shape index (κ1) is 21.2. The molecule has 0 saturated carbocycles. The summed E-state index contributed by atoms with van der Waals surface area (Å²) >= 11 is 6.13. The van der Waals surface area contributed by atoms with Crippen molar-refractivity contribution in [1.29, 1.82) is 0 Å². The van der Waals surface area contributed by atoms with Gasteiger partial charge in [-0.25, -0.2) is 8.42 Å². The predicted molar refractivity (Wildman–Crippen MR) is 102 cm³/mol. The van der Waals surface area contributed by atoms with E-state index < -0.39 is 10.0 Å². The minimum atomic E-state index is -3.76. The van der Waals surface area contributed by atoms with E-state index in [2.05, 4.69) is 19.2 Å². The van der Waals surface area contributed by atoms with Crippen molar-refractivity contribution in [2.75, 3.05) is 26.3 Å². The van der Waals surface area contributed by atoms with Gasteiger partial charge in [0, 0.05) is 24.7 Å². The molecule has 1 saturated heterocycles. The van der Waals surface area contributed by atoms with Crippen molar-refractivity contribution in [3.8, 4) is 0 Å². The summed E-state index contributed by atoms with van der Waals surface area (Å²) in [5.74, 6) is 0.270. The lowest BCUT2D eigenvalue weighted by atomic mass is 10.0. The fourth-order valence-electron chi connectivity index (χ4n) is 2.73. The third-order valence-electron chi connectivity index (χ3n) is 4.34. The molecule has 1 aromatic rings. The van der Waals surface area contributed by atoms with E-state index in [4.69, 9.17) is 16.3 Å². The highest BCUT2D eigenvalue weighted by Gasteiger charge is 2.29. The molecule has 0 spiro atoms. The van der Waals surface area contributed by atoms with Crippen molar-refractivity contribution >= 4 is 27.5 Å². The number of carbonyl (C=O) groups excluding carboxylic acids is 1. The van der Waals surface area contributed by atoms with E-state index in [1.807, 2.05) is 6.92 Å². The Hall–Kier alpha value is -1.15. The molecule has 8 heteroatoms. The van der Waals surface area contributed by atoms with Gasteiger partial charge >= 0.3 is 0 Å². The molecule has 1 fully saturated rings. The third-order valence-corrected chi connectivity index (χ3v) is 6.72. The highest BCUT2D eigenvalue weighted by Crippen LogP contribution is 2.26. The maximum atomic E-state index is 12.8. The highest BCUT2D eigenvalue weighted by atomic mass is 35.5. The van der Waals surface area contributed by atoms with Crippen molar-refractivity contribution < 1.29 is 17.9 Å². The number of hydrogen-bond donors (Lipinski definition) is 1. The van der Waals surface area contributed by atoms with E-state index in [-0.39, 0.29) is 40.5 Å². The van der Waals surface area contributed by atoms with Crippen LogP contribution in [0.4, 0.5) is 0 Å². The lowest BCUT2D eigenvalue weighted by Gasteiger charge is -2.26. The Balaban J connectivity index is 2.17. The van der Waals surface area contributed by atoms with Crippen molar-refractivity contribution in [3.05, 3.63) is 28.8 Å². The lowest BCUT2D eigenvalue weighted by Crippen LogP contribution is -2.40. The molecule has 1 aliphatic heterocycles. The molecule has 1 atom stereocenters. The molecule has 26 heavy (non-hydrogen) atoms. The molecule has 1 amide bonds. The quantitative estimate of drug-likeness (QED) is 0.760. The average molecular weight is 403 g/mol. The standard InChI is InChI=1S/C18H27ClN2O4S/c1-13(2)4-5-14(3)20-18(22)15-6-7-16(19)17(12-15)26(23,24)21-8-10-25-11-9-21/h6-7,12-14H,4-5,8-11H2,1-3H3,(H,20,22). The van der Waals surface area contributed by atoms with E-state index in [1.165, 1.54) is 16.4 Å². The third kappa shape index (κ3) is 5.42. The van der Waals surface area contributed by atoms with Gasteiger partial charge in [0.05, 0.1) is 18.2 Å². The smallest absolute Gasteiger partial charge is 0.251 e. The summed E-state index contributed by atoms with van der Waals surface area (Å²) in [6, 6.07) is 4.38. The van der Waals surface area contributed by atoms with Crippen LogP contribution < -0.4 is 5.32 Å². The second kappa shape index (κ2) is 9.17. The van der Waals surface area contributed by atoms with Crippen LogP contribution in [-0.4, -0.2) is 51.0 Å². The lowest BCUT2D eigenvalue weighted by molar-refractivity contribution is 0.0730. The van der Waals surface area contributed by atoms with Crippen LogP contribution in [0.5, 0.6) is 0 Å². The number of nitrogens with zero attached hydrogens (tertiary/aromatic N) is 1.